The summed E-state index contributed by atoms with van der Waals surface area (Å²) in [6, 6.07) is 0. The molecule has 0 aromatic carbocycles. The molecule has 1 saturated heterocycles. The summed E-state index contributed by atoms with van der Waals surface area (Å²) in [6.07, 6.45) is 0.701. The first-order chi connectivity index (χ1) is 5.11. The number of carbonyl (C=O) groups is 2. The summed E-state index contributed by atoms with van der Waals surface area (Å²) >= 11 is 3.15. The van der Waals surface area contributed by atoms with Gasteiger partial charge in [0, 0.05) is 6.54 Å². The van der Waals surface area contributed by atoms with Crippen molar-refractivity contribution in [1.29, 1.82) is 0 Å². The molecule has 0 saturated carbocycles. The van der Waals surface area contributed by atoms with Crippen molar-refractivity contribution >= 4 is 27.8 Å². The van der Waals surface area contributed by atoms with Crippen molar-refractivity contribution in [1.82, 2.24) is 4.90 Å². The standard InChI is InChI=1S/C6H8BrNO3/c7-4-1-2-8(6(4)11)3-5(9)10/h4H,1-3H2,(H,9,10). The van der Waals surface area contributed by atoms with Gasteiger partial charge in [-0.3, -0.25) is 9.59 Å². The minimum absolute atomic E-state index is 0.118. The van der Waals surface area contributed by atoms with Gasteiger partial charge in [-0.2, -0.15) is 0 Å². The zero-order valence-corrected chi connectivity index (χ0v) is 7.37. The lowest BCUT2D eigenvalue weighted by Gasteiger charge is -2.11. The molecular formula is C6H8BrNO3. The van der Waals surface area contributed by atoms with Gasteiger partial charge in [-0.05, 0) is 6.42 Å². The zero-order chi connectivity index (χ0) is 8.43. The Balaban J connectivity index is 2.49. The first-order valence-electron chi connectivity index (χ1n) is 3.26. The van der Waals surface area contributed by atoms with Crippen LogP contribution in [0.5, 0.6) is 0 Å². The predicted octanol–water partition coefficient (Wildman–Crippen LogP) is 0.0668. The number of nitrogens with zero attached hydrogens (tertiary/aromatic N) is 1. The number of hydrogen-bond donors (Lipinski definition) is 1. The summed E-state index contributed by atoms with van der Waals surface area (Å²) in [5.41, 5.74) is 0. The summed E-state index contributed by atoms with van der Waals surface area (Å²) in [5, 5.41) is 8.37. The van der Waals surface area contributed by atoms with Gasteiger partial charge in [0.1, 0.15) is 6.54 Å². The fraction of sp³-hybridized carbons (Fsp3) is 0.667. The summed E-state index contributed by atoms with van der Waals surface area (Å²) in [4.78, 5) is 22.4. The Morgan fingerprint density at radius 2 is 2.45 bits per heavy atom. The molecule has 0 aromatic rings. The molecule has 0 aliphatic carbocycles. The molecule has 4 nitrogen and oxygen atoms in total. The van der Waals surface area contributed by atoms with E-state index in [1.165, 1.54) is 4.90 Å². The van der Waals surface area contributed by atoms with E-state index in [-0.39, 0.29) is 17.3 Å². The zero-order valence-electron chi connectivity index (χ0n) is 5.79. The highest BCUT2D eigenvalue weighted by Crippen LogP contribution is 2.17. The van der Waals surface area contributed by atoms with E-state index in [4.69, 9.17) is 5.11 Å². The van der Waals surface area contributed by atoms with Crippen LogP contribution in [0.3, 0.4) is 0 Å². The Bertz CT molecular complexity index is 194. The molecule has 0 bridgehead atoms. The molecule has 62 valence electrons. The van der Waals surface area contributed by atoms with Crippen LogP contribution in [0.2, 0.25) is 0 Å². The molecule has 0 aromatic heterocycles. The van der Waals surface area contributed by atoms with Gasteiger partial charge in [-0.1, -0.05) is 15.9 Å². The van der Waals surface area contributed by atoms with E-state index in [0.717, 1.165) is 0 Å². The summed E-state index contributed by atoms with van der Waals surface area (Å²) in [7, 11) is 0. The van der Waals surface area contributed by atoms with Crippen molar-refractivity contribution in [2.75, 3.05) is 13.1 Å². The largest absolute Gasteiger partial charge is 0.480 e. The van der Waals surface area contributed by atoms with Gasteiger partial charge in [0.15, 0.2) is 0 Å². The van der Waals surface area contributed by atoms with Crippen molar-refractivity contribution in [3.8, 4) is 0 Å². The molecular weight excluding hydrogens is 214 g/mol. The van der Waals surface area contributed by atoms with Crippen LogP contribution in [0.15, 0.2) is 0 Å². The lowest BCUT2D eigenvalue weighted by molar-refractivity contribution is -0.142. The monoisotopic (exact) mass is 221 g/mol. The van der Waals surface area contributed by atoms with Crippen LogP contribution < -0.4 is 0 Å². The first kappa shape index (κ1) is 8.52. The Morgan fingerprint density at radius 3 is 2.82 bits per heavy atom. The predicted molar refractivity (Wildman–Crippen MR) is 41.5 cm³/mol. The van der Waals surface area contributed by atoms with E-state index in [2.05, 4.69) is 15.9 Å². The van der Waals surface area contributed by atoms with Gasteiger partial charge in [-0.15, -0.1) is 0 Å². The number of halogens is 1. The molecule has 0 spiro atoms. The highest BCUT2D eigenvalue weighted by molar-refractivity contribution is 9.10. The van der Waals surface area contributed by atoms with Crippen LogP contribution in [0.1, 0.15) is 6.42 Å². The van der Waals surface area contributed by atoms with Crippen LogP contribution in [0, 0.1) is 0 Å². The molecule has 1 aliphatic rings. The first-order valence-corrected chi connectivity index (χ1v) is 4.17. The normalized spacial score (nSPS) is 24.3. The van der Waals surface area contributed by atoms with E-state index in [0.29, 0.717) is 13.0 Å². The quantitative estimate of drug-likeness (QED) is 0.672. The molecule has 1 atom stereocenters. The lowest BCUT2D eigenvalue weighted by Crippen LogP contribution is -2.32. The van der Waals surface area contributed by atoms with Crippen LogP contribution >= 0.6 is 15.9 Å². The molecule has 1 heterocycles. The molecule has 11 heavy (non-hydrogen) atoms. The molecule has 1 unspecified atom stereocenters. The third-order valence-electron chi connectivity index (χ3n) is 1.56. The number of aliphatic carboxylic acids is 1. The minimum Gasteiger partial charge on any atom is -0.480 e. The molecule has 0 radical (unpaired) electrons. The maximum Gasteiger partial charge on any atom is 0.323 e. The second-order valence-electron chi connectivity index (χ2n) is 2.41. The smallest absolute Gasteiger partial charge is 0.323 e. The van der Waals surface area contributed by atoms with E-state index in [9.17, 15) is 9.59 Å². The Morgan fingerprint density at radius 1 is 1.82 bits per heavy atom. The van der Waals surface area contributed by atoms with E-state index < -0.39 is 5.97 Å². The number of rotatable bonds is 2. The SMILES string of the molecule is O=C(O)CN1CCC(Br)C1=O. The minimum atomic E-state index is -0.958. The van der Waals surface area contributed by atoms with Gasteiger partial charge in [0.2, 0.25) is 5.91 Å². The lowest BCUT2D eigenvalue weighted by atomic mass is 10.4. The van der Waals surface area contributed by atoms with Crippen LogP contribution in [0.25, 0.3) is 0 Å². The molecule has 1 N–H and O–H groups in total. The van der Waals surface area contributed by atoms with Crippen molar-refractivity contribution in [2.24, 2.45) is 0 Å². The highest BCUT2D eigenvalue weighted by atomic mass is 79.9. The Kier molecular flexibility index (Phi) is 2.49. The van der Waals surface area contributed by atoms with Crippen molar-refractivity contribution in [3.05, 3.63) is 0 Å². The number of alkyl halides is 1. The van der Waals surface area contributed by atoms with E-state index >= 15 is 0 Å². The summed E-state index contributed by atoms with van der Waals surface area (Å²) in [6.45, 7) is 0.363. The van der Waals surface area contributed by atoms with Gasteiger partial charge in [0.25, 0.3) is 0 Å². The van der Waals surface area contributed by atoms with Gasteiger partial charge < -0.3 is 10.0 Å². The van der Waals surface area contributed by atoms with E-state index in [1.807, 2.05) is 0 Å². The topological polar surface area (TPSA) is 57.6 Å². The molecule has 1 aliphatic heterocycles. The van der Waals surface area contributed by atoms with E-state index in [1.54, 1.807) is 0 Å². The number of carboxylic acids is 1. The number of carboxylic acid groups (broad SMARTS) is 1. The average molecular weight is 222 g/mol. The van der Waals surface area contributed by atoms with Crippen molar-refractivity contribution in [2.45, 2.75) is 11.2 Å². The van der Waals surface area contributed by atoms with Gasteiger partial charge in [-0.25, -0.2) is 0 Å². The fourth-order valence-electron chi connectivity index (χ4n) is 1.02. The Labute approximate surface area is 72.3 Å². The number of carbonyl (C=O) groups excluding carboxylic acids is 1. The molecule has 1 amide bonds. The van der Waals surface area contributed by atoms with Crippen LogP contribution in [-0.4, -0.2) is 39.8 Å². The third kappa shape index (κ3) is 1.92. The number of likely N-dealkylation sites (tertiary alicyclic amines) is 1. The highest BCUT2D eigenvalue weighted by Gasteiger charge is 2.30. The molecule has 1 rings (SSSR count). The third-order valence-corrected chi connectivity index (χ3v) is 2.41. The van der Waals surface area contributed by atoms with Crippen molar-refractivity contribution < 1.29 is 14.7 Å². The maximum atomic E-state index is 11.1. The number of amides is 1. The Hall–Kier alpha value is -0.580. The van der Waals surface area contributed by atoms with Crippen LogP contribution in [0.4, 0.5) is 0 Å². The number of hydrogen-bond acceptors (Lipinski definition) is 2. The second kappa shape index (κ2) is 3.21. The summed E-state index contributed by atoms with van der Waals surface area (Å²) < 4.78 is 0. The van der Waals surface area contributed by atoms with Gasteiger partial charge in [0.05, 0.1) is 4.83 Å². The van der Waals surface area contributed by atoms with Crippen molar-refractivity contribution in [3.63, 3.8) is 0 Å². The second-order valence-corrected chi connectivity index (χ2v) is 3.52. The maximum absolute atomic E-state index is 11.1. The molecule has 5 heteroatoms. The average Bonchev–Trinajstić information content (AvgIpc) is 2.18. The van der Waals surface area contributed by atoms with Crippen LogP contribution in [-0.2, 0) is 9.59 Å². The molecule has 1 fully saturated rings. The van der Waals surface area contributed by atoms with Gasteiger partial charge >= 0.3 is 5.97 Å². The summed E-state index contributed by atoms with van der Waals surface area (Å²) in [5.74, 6) is -1.08. The fourth-order valence-corrected chi connectivity index (χ4v) is 1.52.